The molecule has 2 aromatic heterocycles. The lowest BCUT2D eigenvalue weighted by Crippen LogP contribution is -1.99. The zero-order valence-electron chi connectivity index (χ0n) is 7.29. The van der Waals surface area contributed by atoms with Crippen LogP contribution in [0.2, 0.25) is 0 Å². The van der Waals surface area contributed by atoms with Gasteiger partial charge in [-0.1, -0.05) is 0 Å². The Hall–Kier alpha value is -0.870. The monoisotopic (exact) mass is 239 g/mol. The van der Waals surface area contributed by atoms with Crippen LogP contribution in [0.3, 0.4) is 0 Å². The maximum atomic E-state index is 5.59. The predicted octanol–water partition coefficient (Wildman–Crippen LogP) is 1.86. The van der Waals surface area contributed by atoms with Crippen molar-refractivity contribution in [3.8, 4) is 0 Å². The van der Waals surface area contributed by atoms with Crippen LogP contribution in [0, 0.1) is 6.92 Å². The molecule has 0 aliphatic carbocycles. The van der Waals surface area contributed by atoms with Crippen molar-refractivity contribution < 1.29 is 0 Å². The lowest BCUT2D eigenvalue weighted by Gasteiger charge is -2.03. The summed E-state index contributed by atoms with van der Waals surface area (Å²) in [5.74, 6) is 0.985. The molecule has 2 rings (SSSR count). The van der Waals surface area contributed by atoms with Crippen molar-refractivity contribution in [1.29, 1.82) is 0 Å². The minimum absolute atomic E-state index is 0.543. The summed E-state index contributed by atoms with van der Waals surface area (Å²) in [7, 11) is 0. The summed E-state index contributed by atoms with van der Waals surface area (Å²) in [6.07, 6.45) is 3.85. The molecule has 2 N–H and O–H groups in total. The Morgan fingerprint density at radius 3 is 3.08 bits per heavy atom. The summed E-state index contributed by atoms with van der Waals surface area (Å²) in [5, 5.41) is 0. The molecule has 13 heavy (non-hydrogen) atoms. The fraction of sp³-hybridized carbons (Fsp3) is 0.222. The highest BCUT2D eigenvalue weighted by Gasteiger charge is 2.03. The summed E-state index contributed by atoms with van der Waals surface area (Å²) in [6, 6.07) is 2.05. The van der Waals surface area contributed by atoms with Gasteiger partial charge in [0.2, 0.25) is 0 Å². The first-order valence-corrected chi connectivity index (χ1v) is 4.84. The Balaban J connectivity index is 2.76. The van der Waals surface area contributed by atoms with Gasteiger partial charge in [-0.2, -0.15) is 0 Å². The van der Waals surface area contributed by atoms with Crippen LogP contribution in [0.4, 0.5) is 0 Å². The number of aromatic nitrogens is 2. The van der Waals surface area contributed by atoms with Crippen molar-refractivity contribution in [2.24, 2.45) is 5.73 Å². The third-order valence-electron chi connectivity index (χ3n) is 2.10. The molecule has 0 unspecified atom stereocenters. The molecule has 0 aliphatic heterocycles. The summed E-state index contributed by atoms with van der Waals surface area (Å²) in [6.45, 7) is 2.52. The van der Waals surface area contributed by atoms with Gasteiger partial charge in [-0.05, 0) is 34.5 Å². The van der Waals surface area contributed by atoms with E-state index < -0.39 is 0 Å². The Kier molecular flexibility index (Phi) is 2.09. The van der Waals surface area contributed by atoms with E-state index in [2.05, 4.69) is 20.9 Å². The summed E-state index contributed by atoms with van der Waals surface area (Å²) in [4.78, 5) is 4.21. The van der Waals surface area contributed by atoms with Crippen LogP contribution < -0.4 is 5.73 Å². The second-order valence-corrected chi connectivity index (χ2v) is 3.81. The van der Waals surface area contributed by atoms with Gasteiger partial charge in [0.05, 0.1) is 11.7 Å². The van der Waals surface area contributed by atoms with Gasteiger partial charge in [-0.25, -0.2) is 4.98 Å². The van der Waals surface area contributed by atoms with E-state index in [1.54, 1.807) is 0 Å². The zero-order valence-corrected chi connectivity index (χ0v) is 8.87. The molecule has 0 aromatic carbocycles. The first-order valence-electron chi connectivity index (χ1n) is 4.04. The maximum Gasteiger partial charge on any atom is 0.110 e. The van der Waals surface area contributed by atoms with E-state index in [1.807, 2.05) is 29.8 Å². The quantitative estimate of drug-likeness (QED) is 0.826. The van der Waals surface area contributed by atoms with Crippen molar-refractivity contribution >= 4 is 21.4 Å². The van der Waals surface area contributed by atoms with E-state index in [0.29, 0.717) is 6.54 Å². The Morgan fingerprint density at radius 2 is 2.38 bits per heavy atom. The zero-order chi connectivity index (χ0) is 9.42. The number of aryl methyl sites for hydroxylation is 1. The molecule has 0 aliphatic rings. The first kappa shape index (κ1) is 8.72. The number of hydrogen-bond acceptors (Lipinski definition) is 2. The van der Waals surface area contributed by atoms with Gasteiger partial charge in [0.15, 0.2) is 0 Å². The molecule has 4 heteroatoms. The van der Waals surface area contributed by atoms with Crippen molar-refractivity contribution in [2.75, 3.05) is 0 Å². The molecular weight excluding hydrogens is 230 g/mol. The van der Waals surface area contributed by atoms with Gasteiger partial charge in [0.1, 0.15) is 5.82 Å². The standard InChI is InChI=1S/C9H10BrN3/c1-6-12-4-8-2-7(3-11)9(10)5-13(6)8/h2,4-5H,3,11H2,1H3. The molecule has 0 saturated carbocycles. The van der Waals surface area contributed by atoms with Crippen molar-refractivity contribution in [3.63, 3.8) is 0 Å². The molecule has 68 valence electrons. The van der Waals surface area contributed by atoms with Gasteiger partial charge < -0.3 is 10.1 Å². The summed E-state index contributed by atoms with van der Waals surface area (Å²) >= 11 is 3.47. The van der Waals surface area contributed by atoms with Gasteiger partial charge >= 0.3 is 0 Å². The van der Waals surface area contributed by atoms with E-state index >= 15 is 0 Å². The Morgan fingerprint density at radius 1 is 1.62 bits per heavy atom. The van der Waals surface area contributed by atoms with E-state index in [1.165, 1.54) is 0 Å². The van der Waals surface area contributed by atoms with Gasteiger partial charge in [-0.15, -0.1) is 0 Å². The SMILES string of the molecule is Cc1ncc2cc(CN)c(Br)cn12. The summed E-state index contributed by atoms with van der Waals surface area (Å²) < 4.78 is 3.06. The largest absolute Gasteiger partial charge is 0.326 e. The van der Waals surface area contributed by atoms with Crippen molar-refractivity contribution in [2.45, 2.75) is 13.5 Å². The molecule has 2 aromatic rings. The number of pyridine rings is 1. The number of halogens is 1. The van der Waals surface area contributed by atoms with Gasteiger partial charge in [0.25, 0.3) is 0 Å². The number of nitrogens with two attached hydrogens (primary N) is 1. The smallest absolute Gasteiger partial charge is 0.110 e. The van der Waals surface area contributed by atoms with Gasteiger partial charge in [0, 0.05) is 17.2 Å². The molecule has 3 nitrogen and oxygen atoms in total. The lowest BCUT2D eigenvalue weighted by molar-refractivity contribution is 1.00. The molecule has 2 heterocycles. The molecular formula is C9H10BrN3. The molecule has 0 atom stereocenters. The van der Waals surface area contributed by atoms with Crippen molar-refractivity contribution in [3.05, 3.63) is 34.3 Å². The van der Waals surface area contributed by atoms with Crippen molar-refractivity contribution in [1.82, 2.24) is 9.38 Å². The average Bonchev–Trinajstić information content (AvgIpc) is 2.47. The van der Waals surface area contributed by atoms with Crippen LogP contribution in [0.1, 0.15) is 11.4 Å². The normalized spacial score (nSPS) is 11.0. The van der Waals surface area contributed by atoms with Crippen LogP contribution in [0.25, 0.3) is 5.52 Å². The Bertz CT molecular complexity index is 447. The molecule has 0 amide bonds. The minimum Gasteiger partial charge on any atom is -0.326 e. The second-order valence-electron chi connectivity index (χ2n) is 2.95. The highest BCUT2D eigenvalue weighted by molar-refractivity contribution is 9.10. The Labute approximate surface area is 84.7 Å². The minimum atomic E-state index is 0.543. The fourth-order valence-electron chi connectivity index (χ4n) is 1.35. The number of nitrogens with zero attached hydrogens (tertiary/aromatic N) is 2. The molecule has 0 fully saturated rings. The molecule has 0 radical (unpaired) electrons. The van der Waals surface area contributed by atoms with Crippen LogP contribution in [-0.2, 0) is 6.54 Å². The number of imidazole rings is 1. The molecule has 0 spiro atoms. The highest BCUT2D eigenvalue weighted by atomic mass is 79.9. The topological polar surface area (TPSA) is 43.3 Å². The number of fused-ring (bicyclic) bond motifs is 1. The number of rotatable bonds is 1. The molecule has 0 saturated heterocycles. The van der Waals surface area contributed by atoms with E-state index in [-0.39, 0.29) is 0 Å². The lowest BCUT2D eigenvalue weighted by atomic mass is 10.2. The van der Waals surface area contributed by atoms with E-state index in [9.17, 15) is 0 Å². The number of hydrogen-bond donors (Lipinski definition) is 1. The maximum absolute atomic E-state index is 5.59. The molecule has 0 bridgehead atoms. The van der Waals surface area contributed by atoms with Crippen LogP contribution in [-0.4, -0.2) is 9.38 Å². The van der Waals surface area contributed by atoms with E-state index in [0.717, 1.165) is 21.4 Å². The predicted molar refractivity (Wildman–Crippen MR) is 55.5 cm³/mol. The van der Waals surface area contributed by atoms with Crippen LogP contribution >= 0.6 is 15.9 Å². The second kappa shape index (κ2) is 3.12. The highest BCUT2D eigenvalue weighted by Crippen LogP contribution is 2.19. The van der Waals surface area contributed by atoms with E-state index in [4.69, 9.17) is 5.73 Å². The van der Waals surface area contributed by atoms with Gasteiger partial charge in [-0.3, -0.25) is 0 Å². The van der Waals surface area contributed by atoms with Crippen LogP contribution in [0.5, 0.6) is 0 Å². The third-order valence-corrected chi connectivity index (χ3v) is 2.82. The first-order chi connectivity index (χ1) is 6.22. The fourth-order valence-corrected chi connectivity index (χ4v) is 1.83. The summed E-state index contributed by atoms with van der Waals surface area (Å²) in [5.41, 5.74) is 7.78. The van der Waals surface area contributed by atoms with Crippen LogP contribution in [0.15, 0.2) is 22.9 Å². The third kappa shape index (κ3) is 1.36. The average molecular weight is 240 g/mol.